The van der Waals surface area contributed by atoms with Crippen LogP contribution in [0, 0.1) is 0 Å². The Bertz CT molecular complexity index is 1480. The van der Waals surface area contributed by atoms with E-state index in [0.717, 1.165) is 24.0 Å². The summed E-state index contributed by atoms with van der Waals surface area (Å²) in [5.41, 5.74) is 2.38. The number of halogens is 2. The first-order valence-electron chi connectivity index (χ1n) is 13.3. The Morgan fingerprint density at radius 3 is 2.27 bits per heavy atom. The summed E-state index contributed by atoms with van der Waals surface area (Å²) in [5.74, 6) is 0.158. The minimum Gasteiger partial charge on any atom is -0.497 e. The molecule has 0 radical (unpaired) electrons. The highest BCUT2D eigenvalue weighted by Crippen LogP contribution is 2.23. The first kappa shape index (κ1) is 30.8. The lowest BCUT2D eigenvalue weighted by Crippen LogP contribution is -2.47. The molecule has 8 nitrogen and oxygen atoms in total. The van der Waals surface area contributed by atoms with Crippen molar-refractivity contribution in [1.29, 1.82) is 0 Å². The van der Waals surface area contributed by atoms with E-state index >= 15 is 0 Å². The molecule has 1 fully saturated rings. The Labute approximate surface area is 251 Å². The van der Waals surface area contributed by atoms with Gasteiger partial charge in [-0.1, -0.05) is 53.5 Å². The van der Waals surface area contributed by atoms with Crippen molar-refractivity contribution in [2.45, 2.75) is 62.7 Å². The molecule has 3 aromatic carbocycles. The van der Waals surface area contributed by atoms with Crippen molar-refractivity contribution >= 4 is 45.0 Å². The second-order valence-electron chi connectivity index (χ2n) is 10.0. The zero-order valence-corrected chi connectivity index (χ0v) is 25.2. The highest BCUT2D eigenvalue weighted by Gasteiger charge is 2.28. The summed E-state index contributed by atoms with van der Waals surface area (Å²) in [6, 6.07) is 18.2. The monoisotopic (exact) mass is 617 g/mol. The molecule has 1 unspecified atom stereocenters. The number of hydrogen-bond acceptors (Lipinski definition) is 5. The molecule has 1 aliphatic rings. The molecule has 0 aromatic heterocycles. The summed E-state index contributed by atoms with van der Waals surface area (Å²) < 4.78 is 32.8. The van der Waals surface area contributed by atoms with E-state index in [-0.39, 0.29) is 42.3 Å². The maximum absolute atomic E-state index is 13.5. The molecule has 4 rings (SSSR count). The molecule has 1 saturated carbocycles. The molecule has 0 spiro atoms. The third kappa shape index (κ3) is 8.69. The number of carbonyl (C=O) groups is 2. The van der Waals surface area contributed by atoms with Crippen LogP contribution in [0.1, 0.15) is 42.9 Å². The van der Waals surface area contributed by atoms with Gasteiger partial charge in [-0.15, -0.1) is 0 Å². The van der Waals surface area contributed by atoms with Gasteiger partial charge in [0.2, 0.25) is 21.8 Å². The smallest absolute Gasteiger partial charge is 0.242 e. The van der Waals surface area contributed by atoms with Crippen LogP contribution in [-0.2, 0) is 39.1 Å². The Balaban J connectivity index is 1.43. The van der Waals surface area contributed by atoms with Crippen molar-refractivity contribution in [3.63, 3.8) is 0 Å². The number of rotatable bonds is 13. The molecule has 11 heteroatoms. The summed E-state index contributed by atoms with van der Waals surface area (Å²) in [5, 5.41) is 3.81. The first-order chi connectivity index (χ1) is 19.6. The van der Waals surface area contributed by atoms with Crippen LogP contribution in [0.2, 0.25) is 10.0 Å². The highest BCUT2D eigenvalue weighted by molar-refractivity contribution is 7.89. The number of amides is 2. The Morgan fingerprint density at radius 1 is 1.00 bits per heavy atom. The van der Waals surface area contributed by atoms with Gasteiger partial charge in [-0.05, 0) is 79.3 Å². The standard InChI is InChI=1S/C30H33Cl2N3O5S/c1-20(30(37)33-18-23-8-9-24(31)17-28(23)32)35(19-22-3-12-26(40-2)13-4-22)29(36)16-7-21-5-14-27(15-6-21)41(38,39)34-25-10-11-25/h3-6,8-9,12-15,17,20,25,34H,7,10-11,16,18-19H2,1-2H3,(H,33,37). The van der Waals surface area contributed by atoms with Crippen LogP contribution in [0.3, 0.4) is 0 Å². The van der Waals surface area contributed by atoms with E-state index in [1.54, 1.807) is 73.5 Å². The maximum Gasteiger partial charge on any atom is 0.242 e. The van der Waals surface area contributed by atoms with Crippen molar-refractivity contribution in [3.05, 3.63) is 93.5 Å². The van der Waals surface area contributed by atoms with Gasteiger partial charge in [-0.3, -0.25) is 9.59 Å². The summed E-state index contributed by atoms with van der Waals surface area (Å²) in [4.78, 5) is 28.4. The predicted octanol–water partition coefficient (Wildman–Crippen LogP) is 5.11. The van der Waals surface area contributed by atoms with E-state index in [9.17, 15) is 18.0 Å². The normalized spacial score (nSPS) is 13.9. The minimum atomic E-state index is -3.54. The van der Waals surface area contributed by atoms with E-state index in [1.807, 2.05) is 12.1 Å². The molecule has 41 heavy (non-hydrogen) atoms. The third-order valence-corrected chi connectivity index (χ3v) is 9.03. The average Bonchev–Trinajstić information content (AvgIpc) is 3.77. The number of nitrogens with one attached hydrogen (secondary N) is 2. The Morgan fingerprint density at radius 2 is 1.66 bits per heavy atom. The van der Waals surface area contributed by atoms with E-state index in [0.29, 0.717) is 27.8 Å². The molecule has 0 aliphatic heterocycles. The zero-order chi connectivity index (χ0) is 29.6. The number of methoxy groups -OCH3 is 1. The molecule has 0 heterocycles. The quantitative estimate of drug-likeness (QED) is 0.277. The number of benzene rings is 3. The average molecular weight is 619 g/mol. The van der Waals surface area contributed by atoms with Gasteiger partial charge < -0.3 is 15.0 Å². The molecule has 0 bridgehead atoms. The maximum atomic E-state index is 13.5. The SMILES string of the molecule is COc1ccc(CN(C(=O)CCc2ccc(S(=O)(=O)NC3CC3)cc2)C(C)C(=O)NCc2ccc(Cl)cc2Cl)cc1. The van der Waals surface area contributed by atoms with Gasteiger partial charge in [0.1, 0.15) is 11.8 Å². The summed E-state index contributed by atoms with van der Waals surface area (Å²) in [6.07, 6.45) is 2.25. The number of aryl methyl sites for hydroxylation is 1. The van der Waals surface area contributed by atoms with Gasteiger partial charge in [0, 0.05) is 35.6 Å². The molecular weight excluding hydrogens is 585 g/mol. The van der Waals surface area contributed by atoms with Gasteiger partial charge in [-0.25, -0.2) is 13.1 Å². The van der Waals surface area contributed by atoms with Crippen LogP contribution in [0.25, 0.3) is 0 Å². The largest absolute Gasteiger partial charge is 0.497 e. The summed E-state index contributed by atoms with van der Waals surface area (Å²) >= 11 is 12.2. The van der Waals surface area contributed by atoms with Crippen LogP contribution < -0.4 is 14.8 Å². The predicted molar refractivity (Wildman–Crippen MR) is 159 cm³/mol. The van der Waals surface area contributed by atoms with Crippen molar-refractivity contribution < 1.29 is 22.7 Å². The first-order valence-corrected chi connectivity index (χ1v) is 15.5. The fourth-order valence-electron chi connectivity index (χ4n) is 4.22. The van der Waals surface area contributed by atoms with Crippen LogP contribution in [0.4, 0.5) is 0 Å². The van der Waals surface area contributed by atoms with Gasteiger partial charge in [0.25, 0.3) is 0 Å². The lowest BCUT2D eigenvalue weighted by atomic mass is 10.1. The molecule has 218 valence electrons. The Kier molecular flexibility index (Phi) is 10.3. The van der Waals surface area contributed by atoms with Gasteiger partial charge >= 0.3 is 0 Å². The fourth-order valence-corrected chi connectivity index (χ4v) is 6.00. The van der Waals surface area contributed by atoms with E-state index in [2.05, 4.69) is 10.0 Å². The second kappa shape index (κ2) is 13.7. The lowest BCUT2D eigenvalue weighted by Gasteiger charge is -2.29. The number of nitrogens with zero attached hydrogens (tertiary/aromatic N) is 1. The zero-order valence-electron chi connectivity index (χ0n) is 22.9. The van der Waals surface area contributed by atoms with Gasteiger partial charge in [-0.2, -0.15) is 0 Å². The van der Waals surface area contributed by atoms with Crippen LogP contribution in [0.5, 0.6) is 5.75 Å². The summed E-state index contributed by atoms with van der Waals surface area (Å²) in [7, 11) is -1.96. The van der Waals surface area contributed by atoms with Crippen LogP contribution in [-0.4, -0.2) is 44.3 Å². The third-order valence-electron chi connectivity index (χ3n) is 6.91. The summed E-state index contributed by atoms with van der Waals surface area (Å²) in [6.45, 7) is 2.10. The van der Waals surface area contributed by atoms with Crippen molar-refractivity contribution in [3.8, 4) is 5.75 Å². The molecule has 2 amide bonds. The van der Waals surface area contributed by atoms with Crippen LogP contribution >= 0.6 is 23.2 Å². The van der Waals surface area contributed by atoms with Crippen molar-refractivity contribution in [2.24, 2.45) is 0 Å². The molecular formula is C30H33Cl2N3O5S. The second-order valence-corrected chi connectivity index (χ2v) is 12.6. The number of sulfonamides is 1. The number of carbonyl (C=O) groups excluding carboxylic acids is 2. The van der Waals surface area contributed by atoms with E-state index in [1.165, 1.54) is 0 Å². The van der Waals surface area contributed by atoms with Crippen molar-refractivity contribution in [2.75, 3.05) is 7.11 Å². The minimum absolute atomic E-state index is 0.0244. The van der Waals surface area contributed by atoms with Crippen molar-refractivity contribution in [1.82, 2.24) is 14.9 Å². The lowest BCUT2D eigenvalue weighted by molar-refractivity contribution is -0.140. The molecule has 0 saturated heterocycles. The molecule has 1 aliphatic carbocycles. The molecule has 3 aromatic rings. The molecule has 2 N–H and O–H groups in total. The number of ether oxygens (including phenoxy) is 1. The fraction of sp³-hybridized carbons (Fsp3) is 0.333. The highest BCUT2D eigenvalue weighted by atomic mass is 35.5. The van der Waals surface area contributed by atoms with E-state index in [4.69, 9.17) is 27.9 Å². The van der Waals surface area contributed by atoms with Crippen LogP contribution in [0.15, 0.2) is 71.6 Å². The van der Waals surface area contributed by atoms with E-state index < -0.39 is 16.1 Å². The Hall–Kier alpha value is -3.11. The van der Waals surface area contributed by atoms with Gasteiger partial charge in [0.15, 0.2) is 0 Å². The molecule has 1 atom stereocenters. The van der Waals surface area contributed by atoms with Gasteiger partial charge in [0.05, 0.1) is 12.0 Å². The topological polar surface area (TPSA) is 105 Å². The number of hydrogen-bond donors (Lipinski definition) is 2.